The first-order valence-electron chi connectivity index (χ1n) is 7.49. The zero-order chi connectivity index (χ0) is 15.5. The van der Waals surface area contributed by atoms with Gasteiger partial charge in [0.15, 0.2) is 0 Å². The van der Waals surface area contributed by atoms with Gasteiger partial charge in [-0.15, -0.1) is 11.8 Å². The first-order valence-corrected chi connectivity index (χ1v) is 8.54. The van der Waals surface area contributed by atoms with Crippen molar-refractivity contribution >= 4 is 23.6 Å². The fraction of sp³-hybridized carbons (Fsp3) is 0.500. The van der Waals surface area contributed by atoms with E-state index in [1.165, 1.54) is 0 Å². The van der Waals surface area contributed by atoms with Gasteiger partial charge in [0.05, 0.1) is 19.0 Å². The minimum absolute atomic E-state index is 0.0118. The summed E-state index contributed by atoms with van der Waals surface area (Å²) in [4.78, 5) is 28.1. The summed E-state index contributed by atoms with van der Waals surface area (Å²) in [6.45, 7) is 4.59. The van der Waals surface area contributed by atoms with E-state index in [1.54, 1.807) is 21.6 Å². The maximum atomic E-state index is 12.4. The Morgan fingerprint density at radius 1 is 1.32 bits per heavy atom. The van der Waals surface area contributed by atoms with Gasteiger partial charge in [-0.25, -0.2) is 0 Å². The molecule has 6 heteroatoms. The molecule has 0 N–H and O–H groups in total. The van der Waals surface area contributed by atoms with E-state index in [0.717, 1.165) is 11.1 Å². The van der Waals surface area contributed by atoms with Gasteiger partial charge >= 0.3 is 0 Å². The fourth-order valence-electron chi connectivity index (χ4n) is 2.80. The Morgan fingerprint density at radius 3 is 2.77 bits per heavy atom. The van der Waals surface area contributed by atoms with Crippen molar-refractivity contribution in [3.63, 3.8) is 0 Å². The first-order chi connectivity index (χ1) is 10.7. The van der Waals surface area contributed by atoms with Crippen LogP contribution in [-0.4, -0.2) is 60.2 Å². The van der Waals surface area contributed by atoms with E-state index in [4.69, 9.17) is 4.74 Å². The monoisotopic (exact) mass is 320 g/mol. The Labute approximate surface area is 134 Å². The highest BCUT2D eigenvalue weighted by molar-refractivity contribution is 8.00. The Balaban J connectivity index is 1.74. The van der Waals surface area contributed by atoms with Crippen LogP contribution in [0.4, 0.5) is 0 Å². The smallest absolute Gasteiger partial charge is 0.242 e. The van der Waals surface area contributed by atoms with Crippen LogP contribution in [0.25, 0.3) is 0 Å². The minimum atomic E-state index is -0.0568. The maximum Gasteiger partial charge on any atom is 0.242 e. The van der Waals surface area contributed by atoms with Gasteiger partial charge in [0.1, 0.15) is 11.9 Å². The average Bonchev–Trinajstić information content (AvgIpc) is 2.90. The molecule has 0 aliphatic carbocycles. The van der Waals surface area contributed by atoms with Crippen molar-refractivity contribution in [2.75, 3.05) is 38.6 Å². The van der Waals surface area contributed by atoms with Gasteiger partial charge in [-0.1, -0.05) is 24.3 Å². The number of hydrogen-bond donors (Lipinski definition) is 0. The lowest BCUT2D eigenvalue weighted by Crippen LogP contribution is -2.46. The van der Waals surface area contributed by atoms with Gasteiger partial charge in [0, 0.05) is 13.1 Å². The second-order valence-corrected chi connectivity index (χ2v) is 6.60. The molecule has 5 nitrogen and oxygen atoms in total. The summed E-state index contributed by atoms with van der Waals surface area (Å²) in [7, 11) is 0. The van der Waals surface area contributed by atoms with E-state index in [0.29, 0.717) is 32.1 Å². The normalized spacial score (nSPS) is 22.2. The molecule has 22 heavy (non-hydrogen) atoms. The molecule has 0 saturated carbocycles. The summed E-state index contributed by atoms with van der Waals surface area (Å²) in [6.07, 6.45) is 0. The third-order valence-electron chi connectivity index (χ3n) is 4.09. The molecule has 2 amide bonds. The van der Waals surface area contributed by atoms with Crippen LogP contribution in [-0.2, 0) is 14.3 Å². The number of thioether (sulfide) groups is 1. The molecule has 0 radical (unpaired) electrons. The largest absolute Gasteiger partial charge is 0.378 e. The number of rotatable bonds is 3. The predicted octanol–water partition coefficient (Wildman–Crippen LogP) is 1.43. The number of morpholine rings is 1. The van der Waals surface area contributed by atoms with Crippen LogP contribution in [0.5, 0.6) is 0 Å². The SMILES string of the molecule is Cc1ccccc1[C@H]1SCC(=O)N1CC(=O)N1CCOCC1. The molecule has 0 aromatic heterocycles. The van der Waals surface area contributed by atoms with Crippen molar-refractivity contribution in [3.8, 4) is 0 Å². The highest BCUT2D eigenvalue weighted by atomic mass is 32.2. The number of hydrogen-bond acceptors (Lipinski definition) is 4. The van der Waals surface area contributed by atoms with Gasteiger partial charge in [0.2, 0.25) is 11.8 Å². The number of carbonyl (C=O) groups is 2. The van der Waals surface area contributed by atoms with E-state index < -0.39 is 0 Å². The molecule has 0 bridgehead atoms. The summed E-state index contributed by atoms with van der Waals surface area (Å²) in [6, 6.07) is 8.05. The molecule has 2 fully saturated rings. The molecule has 3 rings (SSSR count). The van der Waals surface area contributed by atoms with Crippen molar-refractivity contribution < 1.29 is 14.3 Å². The molecule has 1 aromatic carbocycles. The van der Waals surface area contributed by atoms with Crippen LogP contribution in [0.1, 0.15) is 16.5 Å². The van der Waals surface area contributed by atoms with E-state index in [2.05, 4.69) is 0 Å². The molecule has 2 saturated heterocycles. The quantitative estimate of drug-likeness (QED) is 0.845. The van der Waals surface area contributed by atoms with Gasteiger partial charge in [-0.2, -0.15) is 0 Å². The maximum absolute atomic E-state index is 12.4. The van der Waals surface area contributed by atoms with Crippen molar-refractivity contribution in [2.24, 2.45) is 0 Å². The van der Waals surface area contributed by atoms with Crippen molar-refractivity contribution in [3.05, 3.63) is 35.4 Å². The molecule has 0 unspecified atom stereocenters. The summed E-state index contributed by atoms with van der Waals surface area (Å²) in [5, 5.41) is -0.0568. The lowest BCUT2D eigenvalue weighted by Gasteiger charge is -2.30. The van der Waals surface area contributed by atoms with Crippen LogP contribution >= 0.6 is 11.8 Å². The molecule has 2 aliphatic rings. The second-order valence-electron chi connectivity index (χ2n) is 5.53. The number of ether oxygens (including phenoxy) is 1. The zero-order valence-electron chi connectivity index (χ0n) is 12.7. The molecule has 2 aliphatic heterocycles. The average molecular weight is 320 g/mol. The Bertz CT molecular complexity index is 572. The Morgan fingerprint density at radius 2 is 2.05 bits per heavy atom. The lowest BCUT2D eigenvalue weighted by atomic mass is 10.1. The topological polar surface area (TPSA) is 49.9 Å². The number of carbonyl (C=O) groups excluding carboxylic acids is 2. The van der Waals surface area contributed by atoms with E-state index in [1.807, 2.05) is 31.2 Å². The first kappa shape index (κ1) is 15.4. The summed E-state index contributed by atoms with van der Waals surface area (Å²) < 4.78 is 5.27. The van der Waals surface area contributed by atoms with Gasteiger partial charge < -0.3 is 14.5 Å². The van der Waals surface area contributed by atoms with Crippen LogP contribution < -0.4 is 0 Å². The number of benzene rings is 1. The van der Waals surface area contributed by atoms with E-state index >= 15 is 0 Å². The summed E-state index contributed by atoms with van der Waals surface area (Å²) in [5.41, 5.74) is 2.27. The molecule has 118 valence electrons. The third-order valence-corrected chi connectivity index (χ3v) is 5.33. The molecule has 1 atom stereocenters. The minimum Gasteiger partial charge on any atom is -0.378 e. The van der Waals surface area contributed by atoms with Gasteiger partial charge in [-0.05, 0) is 18.1 Å². The highest BCUT2D eigenvalue weighted by Crippen LogP contribution is 2.39. The molecular weight excluding hydrogens is 300 g/mol. The molecule has 0 spiro atoms. The number of amides is 2. The molecule has 2 heterocycles. The number of aryl methyl sites for hydroxylation is 1. The van der Waals surface area contributed by atoms with Crippen LogP contribution in [0.15, 0.2) is 24.3 Å². The second kappa shape index (κ2) is 6.71. The summed E-state index contributed by atoms with van der Waals surface area (Å²) >= 11 is 1.60. The van der Waals surface area contributed by atoms with Gasteiger partial charge in [0.25, 0.3) is 0 Å². The molecule has 1 aromatic rings. The van der Waals surface area contributed by atoms with Crippen molar-refractivity contribution in [1.29, 1.82) is 0 Å². The van der Waals surface area contributed by atoms with Crippen LogP contribution in [0.2, 0.25) is 0 Å². The number of nitrogens with zero attached hydrogens (tertiary/aromatic N) is 2. The Hall–Kier alpha value is -1.53. The van der Waals surface area contributed by atoms with Crippen LogP contribution in [0, 0.1) is 6.92 Å². The Kier molecular flexibility index (Phi) is 4.69. The highest BCUT2D eigenvalue weighted by Gasteiger charge is 2.35. The molecular formula is C16H20N2O3S. The van der Waals surface area contributed by atoms with E-state index in [-0.39, 0.29) is 23.7 Å². The summed E-state index contributed by atoms with van der Waals surface area (Å²) in [5.74, 6) is 0.493. The third kappa shape index (κ3) is 3.13. The van der Waals surface area contributed by atoms with Crippen molar-refractivity contribution in [2.45, 2.75) is 12.3 Å². The van der Waals surface area contributed by atoms with Crippen molar-refractivity contribution in [1.82, 2.24) is 9.80 Å². The fourth-order valence-corrected chi connectivity index (χ4v) is 4.09. The predicted molar refractivity (Wildman–Crippen MR) is 85.5 cm³/mol. The lowest BCUT2D eigenvalue weighted by molar-refractivity contribution is -0.141. The standard InChI is InChI=1S/C16H20N2O3S/c1-12-4-2-3-5-13(12)16-18(15(20)11-22-16)10-14(19)17-6-8-21-9-7-17/h2-5,16H,6-11H2,1H3/t16-/m1/s1. The zero-order valence-corrected chi connectivity index (χ0v) is 13.5. The van der Waals surface area contributed by atoms with Gasteiger partial charge in [-0.3, -0.25) is 9.59 Å². The van der Waals surface area contributed by atoms with E-state index in [9.17, 15) is 9.59 Å². The van der Waals surface area contributed by atoms with Crippen LogP contribution in [0.3, 0.4) is 0 Å².